The van der Waals surface area contributed by atoms with E-state index < -0.39 is 0 Å². The standard InChI is InChI=1S/C16H30N2S/c1-2-19-16-9-5-8-15(16)18-12-6-11-17-10-4-3-7-14(17)13-18/h14-16H,2-13H2,1H3. The minimum Gasteiger partial charge on any atom is -0.299 e. The molecule has 3 atom stereocenters. The highest BCUT2D eigenvalue weighted by atomic mass is 32.2. The molecule has 19 heavy (non-hydrogen) atoms. The molecule has 0 N–H and O–H groups in total. The Hall–Kier alpha value is 0.270. The van der Waals surface area contributed by atoms with Gasteiger partial charge in [-0.2, -0.15) is 11.8 Å². The van der Waals surface area contributed by atoms with Crippen molar-refractivity contribution >= 4 is 11.8 Å². The zero-order valence-electron chi connectivity index (χ0n) is 12.5. The molecule has 1 saturated carbocycles. The molecule has 3 fully saturated rings. The zero-order valence-corrected chi connectivity index (χ0v) is 13.3. The molecular formula is C16H30N2S. The maximum Gasteiger partial charge on any atom is 0.0223 e. The summed E-state index contributed by atoms with van der Waals surface area (Å²) in [5.41, 5.74) is 0. The van der Waals surface area contributed by atoms with Crippen molar-refractivity contribution in [3.05, 3.63) is 0 Å². The smallest absolute Gasteiger partial charge is 0.0223 e. The third kappa shape index (κ3) is 3.30. The average molecular weight is 282 g/mol. The first kappa shape index (κ1) is 14.2. The summed E-state index contributed by atoms with van der Waals surface area (Å²) in [5.74, 6) is 1.30. The van der Waals surface area contributed by atoms with Crippen molar-refractivity contribution in [2.24, 2.45) is 0 Å². The van der Waals surface area contributed by atoms with Gasteiger partial charge in [0.25, 0.3) is 0 Å². The minimum absolute atomic E-state index is 0.879. The molecule has 2 aliphatic heterocycles. The highest BCUT2D eigenvalue weighted by Gasteiger charge is 2.35. The van der Waals surface area contributed by atoms with Crippen molar-refractivity contribution in [2.75, 3.05) is 31.9 Å². The lowest BCUT2D eigenvalue weighted by Crippen LogP contribution is -2.47. The topological polar surface area (TPSA) is 6.48 Å². The quantitative estimate of drug-likeness (QED) is 0.785. The van der Waals surface area contributed by atoms with E-state index in [-0.39, 0.29) is 0 Å². The maximum atomic E-state index is 2.89. The summed E-state index contributed by atoms with van der Waals surface area (Å²) in [4.78, 5) is 5.68. The van der Waals surface area contributed by atoms with Crippen LogP contribution in [0.5, 0.6) is 0 Å². The summed E-state index contributed by atoms with van der Waals surface area (Å²) < 4.78 is 0. The van der Waals surface area contributed by atoms with E-state index in [9.17, 15) is 0 Å². The van der Waals surface area contributed by atoms with Gasteiger partial charge in [0.2, 0.25) is 0 Å². The summed E-state index contributed by atoms with van der Waals surface area (Å²) in [6.07, 6.45) is 10.2. The fourth-order valence-corrected chi connectivity index (χ4v) is 5.73. The van der Waals surface area contributed by atoms with Crippen LogP contribution in [-0.2, 0) is 0 Å². The first-order valence-corrected chi connectivity index (χ1v) is 9.53. The predicted molar refractivity (Wildman–Crippen MR) is 85.0 cm³/mol. The molecule has 2 nitrogen and oxygen atoms in total. The second-order valence-electron chi connectivity index (χ2n) is 6.53. The largest absolute Gasteiger partial charge is 0.299 e. The highest BCUT2D eigenvalue weighted by Crippen LogP contribution is 2.35. The van der Waals surface area contributed by atoms with E-state index >= 15 is 0 Å². The van der Waals surface area contributed by atoms with Gasteiger partial charge in [-0.15, -0.1) is 0 Å². The highest BCUT2D eigenvalue weighted by molar-refractivity contribution is 7.99. The molecule has 2 heterocycles. The van der Waals surface area contributed by atoms with Crippen LogP contribution in [0.4, 0.5) is 0 Å². The van der Waals surface area contributed by atoms with Gasteiger partial charge in [0, 0.05) is 23.9 Å². The van der Waals surface area contributed by atoms with Crippen LogP contribution in [-0.4, -0.2) is 59.1 Å². The monoisotopic (exact) mass is 282 g/mol. The molecule has 0 amide bonds. The number of hydrogen-bond acceptors (Lipinski definition) is 3. The van der Waals surface area contributed by atoms with Crippen molar-refractivity contribution in [2.45, 2.75) is 69.2 Å². The van der Waals surface area contributed by atoms with Crippen LogP contribution in [0.3, 0.4) is 0 Å². The van der Waals surface area contributed by atoms with Crippen molar-refractivity contribution in [3.63, 3.8) is 0 Å². The molecule has 3 rings (SSSR count). The third-order valence-corrected chi connectivity index (χ3v) is 6.66. The van der Waals surface area contributed by atoms with E-state index in [4.69, 9.17) is 0 Å². The van der Waals surface area contributed by atoms with Crippen molar-refractivity contribution in [3.8, 4) is 0 Å². The number of nitrogens with zero attached hydrogens (tertiary/aromatic N) is 2. The Bertz CT molecular complexity index is 284. The normalized spacial score (nSPS) is 38.1. The Balaban J connectivity index is 1.63. The lowest BCUT2D eigenvalue weighted by atomic mass is 10.0. The SMILES string of the molecule is CCSC1CCCC1N1CCCN2CCCCC2C1. The van der Waals surface area contributed by atoms with Gasteiger partial charge >= 0.3 is 0 Å². The van der Waals surface area contributed by atoms with Gasteiger partial charge in [-0.05, 0) is 57.5 Å². The fourth-order valence-electron chi connectivity index (χ4n) is 4.43. The third-order valence-electron chi connectivity index (χ3n) is 5.35. The average Bonchev–Trinajstić information content (AvgIpc) is 2.78. The van der Waals surface area contributed by atoms with Gasteiger partial charge in [-0.1, -0.05) is 19.8 Å². The van der Waals surface area contributed by atoms with Crippen LogP contribution in [0.15, 0.2) is 0 Å². The van der Waals surface area contributed by atoms with Gasteiger partial charge in [0.15, 0.2) is 0 Å². The first-order chi connectivity index (χ1) is 9.38. The van der Waals surface area contributed by atoms with Crippen LogP contribution in [0.2, 0.25) is 0 Å². The van der Waals surface area contributed by atoms with E-state index in [1.54, 1.807) is 0 Å². The Morgan fingerprint density at radius 1 is 0.895 bits per heavy atom. The lowest BCUT2D eigenvalue weighted by molar-refractivity contribution is 0.121. The Kier molecular flexibility index (Phi) is 5.10. The molecule has 0 bridgehead atoms. The zero-order chi connectivity index (χ0) is 13.1. The molecule has 3 heteroatoms. The van der Waals surface area contributed by atoms with Gasteiger partial charge < -0.3 is 0 Å². The molecule has 1 aliphatic carbocycles. The summed E-state index contributed by atoms with van der Waals surface area (Å²) in [5, 5.41) is 0.931. The Morgan fingerprint density at radius 3 is 2.63 bits per heavy atom. The van der Waals surface area contributed by atoms with Gasteiger partial charge in [0.05, 0.1) is 0 Å². The number of rotatable bonds is 3. The number of thioether (sulfide) groups is 1. The molecule has 0 aromatic heterocycles. The second-order valence-corrected chi connectivity index (χ2v) is 8.04. The van der Waals surface area contributed by atoms with Crippen molar-refractivity contribution in [1.29, 1.82) is 0 Å². The molecule has 3 unspecified atom stereocenters. The maximum absolute atomic E-state index is 2.89. The number of fused-ring (bicyclic) bond motifs is 1. The molecule has 0 aromatic carbocycles. The summed E-state index contributed by atoms with van der Waals surface area (Å²) in [7, 11) is 0. The van der Waals surface area contributed by atoms with Crippen LogP contribution in [0, 0.1) is 0 Å². The molecule has 110 valence electrons. The minimum atomic E-state index is 0.879. The Morgan fingerprint density at radius 2 is 1.74 bits per heavy atom. The van der Waals surface area contributed by atoms with Crippen LogP contribution < -0.4 is 0 Å². The molecule has 2 saturated heterocycles. The Labute approximate surface area is 123 Å². The number of hydrogen-bond donors (Lipinski definition) is 0. The summed E-state index contributed by atoms with van der Waals surface area (Å²) >= 11 is 2.22. The molecule has 0 radical (unpaired) electrons. The second kappa shape index (κ2) is 6.82. The van der Waals surface area contributed by atoms with E-state index in [0.29, 0.717) is 0 Å². The fraction of sp³-hybridized carbons (Fsp3) is 1.00. The van der Waals surface area contributed by atoms with Gasteiger partial charge in [0.1, 0.15) is 0 Å². The first-order valence-electron chi connectivity index (χ1n) is 8.48. The molecule has 0 spiro atoms. The van der Waals surface area contributed by atoms with E-state index in [1.165, 1.54) is 76.9 Å². The van der Waals surface area contributed by atoms with E-state index in [1.807, 2.05) is 0 Å². The molecular weight excluding hydrogens is 252 g/mol. The number of piperidine rings is 1. The van der Waals surface area contributed by atoms with E-state index in [0.717, 1.165) is 17.3 Å². The summed E-state index contributed by atoms with van der Waals surface area (Å²) in [6, 6.07) is 1.77. The predicted octanol–water partition coefficient (Wildman–Crippen LogP) is 3.22. The van der Waals surface area contributed by atoms with Gasteiger partial charge in [-0.25, -0.2) is 0 Å². The van der Waals surface area contributed by atoms with Crippen LogP contribution >= 0.6 is 11.8 Å². The molecule has 0 aromatic rings. The van der Waals surface area contributed by atoms with Crippen molar-refractivity contribution in [1.82, 2.24) is 9.80 Å². The van der Waals surface area contributed by atoms with E-state index in [2.05, 4.69) is 28.5 Å². The lowest BCUT2D eigenvalue weighted by Gasteiger charge is -2.38. The van der Waals surface area contributed by atoms with Crippen LogP contribution in [0.1, 0.15) is 51.9 Å². The van der Waals surface area contributed by atoms with Crippen LogP contribution in [0.25, 0.3) is 0 Å². The molecule has 3 aliphatic rings. The van der Waals surface area contributed by atoms with Gasteiger partial charge in [-0.3, -0.25) is 9.80 Å². The van der Waals surface area contributed by atoms with Crippen molar-refractivity contribution < 1.29 is 0 Å². The summed E-state index contributed by atoms with van der Waals surface area (Å²) in [6.45, 7) is 7.78.